The van der Waals surface area contributed by atoms with Gasteiger partial charge in [0, 0.05) is 24.0 Å². The molecule has 0 fully saturated rings. The maximum Gasteiger partial charge on any atom is 0.264 e. The number of rotatable bonds is 13. The predicted molar refractivity (Wildman–Crippen MR) is 183 cm³/mol. The van der Waals surface area contributed by atoms with E-state index in [2.05, 4.69) is 5.32 Å². The van der Waals surface area contributed by atoms with Crippen LogP contribution in [0.3, 0.4) is 0 Å². The number of hydrogen-bond acceptors (Lipinski definition) is 5. The van der Waals surface area contributed by atoms with Gasteiger partial charge in [0.15, 0.2) is 0 Å². The Balaban J connectivity index is 1.83. The van der Waals surface area contributed by atoms with Crippen molar-refractivity contribution < 1.29 is 22.7 Å². The van der Waals surface area contributed by atoms with Gasteiger partial charge in [0.05, 0.1) is 17.7 Å². The van der Waals surface area contributed by atoms with Gasteiger partial charge in [-0.25, -0.2) is 8.42 Å². The normalized spacial score (nSPS) is 12.0. The minimum Gasteiger partial charge on any atom is -0.497 e. The first-order valence-electron chi connectivity index (χ1n) is 15.0. The summed E-state index contributed by atoms with van der Waals surface area (Å²) < 4.78 is 34.9. The summed E-state index contributed by atoms with van der Waals surface area (Å²) in [4.78, 5) is 29.9. The van der Waals surface area contributed by atoms with Gasteiger partial charge in [0.25, 0.3) is 10.0 Å². The number of methoxy groups -OCH3 is 1. The summed E-state index contributed by atoms with van der Waals surface area (Å²) in [5, 5.41) is 3.35. The van der Waals surface area contributed by atoms with Crippen molar-refractivity contribution in [2.45, 2.75) is 57.6 Å². The smallest absolute Gasteiger partial charge is 0.264 e. The van der Waals surface area contributed by atoms with Gasteiger partial charge < -0.3 is 15.0 Å². The lowest BCUT2D eigenvalue weighted by Crippen LogP contribution is -2.54. The topological polar surface area (TPSA) is 96.0 Å². The lowest BCUT2D eigenvalue weighted by molar-refractivity contribution is -0.140. The Kier molecular flexibility index (Phi) is 11.5. The molecule has 4 aromatic carbocycles. The summed E-state index contributed by atoms with van der Waals surface area (Å²) in [5.74, 6) is -0.287. The van der Waals surface area contributed by atoms with Gasteiger partial charge >= 0.3 is 0 Å². The van der Waals surface area contributed by atoms with Crippen molar-refractivity contribution in [3.63, 3.8) is 0 Å². The van der Waals surface area contributed by atoms with Crippen LogP contribution in [0.1, 0.15) is 36.1 Å². The highest BCUT2D eigenvalue weighted by molar-refractivity contribution is 7.92. The zero-order chi connectivity index (χ0) is 33.4. The molecule has 4 aromatic rings. The van der Waals surface area contributed by atoms with Crippen LogP contribution in [0.5, 0.6) is 5.75 Å². The molecule has 1 unspecified atom stereocenters. The lowest BCUT2D eigenvalue weighted by Gasteiger charge is -2.34. The van der Waals surface area contributed by atoms with Crippen LogP contribution in [0, 0.1) is 13.8 Å². The number of nitrogens with zero attached hydrogens (tertiary/aromatic N) is 2. The number of sulfonamides is 1. The third-order valence-electron chi connectivity index (χ3n) is 7.65. The molecule has 4 rings (SSSR count). The summed E-state index contributed by atoms with van der Waals surface area (Å²) in [6.45, 7) is 7.02. The molecule has 0 heterocycles. The molecule has 0 bridgehead atoms. The third-order valence-corrected chi connectivity index (χ3v) is 9.69. The highest BCUT2D eigenvalue weighted by Gasteiger charge is 2.35. The van der Waals surface area contributed by atoms with E-state index in [0.29, 0.717) is 16.5 Å². The molecule has 10 heteroatoms. The van der Waals surface area contributed by atoms with Gasteiger partial charge in [-0.15, -0.1) is 0 Å². The minimum absolute atomic E-state index is 0.0133. The molecule has 0 spiro atoms. The standard InChI is InChI=1S/C36H40ClN3O5S/c1-25(2)38-36(42)34(22-28-10-7-6-8-11-28)39(23-29-12-9-13-32(21-29)45-5)35(41)24-40(31-17-14-26(3)27(4)20-31)46(43,44)33-18-15-30(37)16-19-33/h6-21,25,34H,22-24H2,1-5H3,(H,38,42). The van der Waals surface area contributed by atoms with Crippen LogP contribution in [-0.4, -0.2) is 50.9 Å². The van der Waals surface area contributed by atoms with Crippen molar-refractivity contribution in [2.75, 3.05) is 18.0 Å². The average molecular weight is 662 g/mol. The molecule has 0 saturated heterocycles. The van der Waals surface area contributed by atoms with Crippen LogP contribution in [-0.2, 0) is 32.6 Å². The molecule has 0 saturated carbocycles. The molecule has 242 valence electrons. The van der Waals surface area contributed by atoms with Crippen LogP contribution in [0.2, 0.25) is 5.02 Å². The summed E-state index contributed by atoms with van der Waals surface area (Å²) in [7, 11) is -2.67. The fraction of sp³-hybridized carbons (Fsp3) is 0.278. The molecule has 1 atom stereocenters. The molecule has 0 radical (unpaired) electrons. The highest BCUT2D eigenvalue weighted by atomic mass is 35.5. The molecular weight excluding hydrogens is 622 g/mol. The Bertz CT molecular complexity index is 1760. The zero-order valence-corrected chi connectivity index (χ0v) is 28.3. The van der Waals surface area contributed by atoms with Gasteiger partial charge in [0.2, 0.25) is 11.8 Å². The highest BCUT2D eigenvalue weighted by Crippen LogP contribution is 2.28. The number of hydrogen-bond donors (Lipinski definition) is 1. The fourth-order valence-corrected chi connectivity index (χ4v) is 6.58. The second-order valence-electron chi connectivity index (χ2n) is 11.5. The van der Waals surface area contributed by atoms with Crippen LogP contribution in [0.25, 0.3) is 0 Å². The summed E-state index contributed by atoms with van der Waals surface area (Å²) >= 11 is 6.07. The Morgan fingerprint density at radius 3 is 2.15 bits per heavy atom. The molecule has 0 aliphatic carbocycles. The van der Waals surface area contributed by atoms with Gasteiger partial charge in [-0.05, 0) is 98.5 Å². The molecule has 1 N–H and O–H groups in total. The zero-order valence-electron chi connectivity index (χ0n) is 26.7. The second-order valence-corrected chi connectivity index (χ2v) is 13.8. The number of carbonyl (C=O) groups is 2. The first-order chi connectivity index (χ1) is 21.9. The Morgan fingerprint density at radius 2 is 1.52 bits per heavy atom. The number of ether oxygens (including phenoxy) is 1. The molecule has 46 heavy (non-hydrogen) atoms. The number of carbonyl (C=O) groups excluding carboxylic acids is 2. The first-order valence-corrected chi connectivity index (χ1v) is 16.8. The maximum absolute atomic E-state index is 14.6. The third kappa shape index (κ3) is 8.68. The van der Waals surface area contributed by atoms with E-state index in [-0.39, 0.29) is 29.8 Å². The van der Waals surface area contributed by atoms with E-state index in [1.807, 2.05) is 76.2 Å². The van der Waals surface area contributed by atoms with Gasteiger partial charge in [-0.3, -0.25) is 13.9 Å². The Hall–Kier alpha value is -4.34. The maximum atomic E-state index is 14.6. The van der Waals surface area contributed by atoms with E-state index in [1.54, 1.807) is 31.4 Å². The monoisotopic (exact) mass is 661 g/mol. The van der Waals surface area contributed by atoms with Crippen LogP contribution in [0.15, 0.2) is 102 Å². The van der Waals surface area contributed by atoms with Crippen molar-refractivity contribution in [3.8, 4) is 5.75 Å². The van der Waals surface area contributed by atoms with Crippen molar-refractivity contribution in [1.82, 2.24) is 10.2 Å². The second kappa shape index (κ2) is 15.3. The summed E-state index contributed by atoms with van der Waals surface area (Å²) in [6, 6.07) is 26.6. The number of anilines is 1. The number of nitrogens with one attached hydrogen (secondary N) is 1. The number of halogens is 1. The van der Waals surface area contributed by atoms with E-state index in [4.69, 9.17) is 16.3 Å². The number of benzene rings is 4. The van der Waals surface area contributed by atoms with Gasteiger partial charge in [-0.1, -0.05) is 60.1 Å². The minimum atomic E-state index is -4.23. The molecule has 0 aliphatic rings. The van der Waals surface area contributed by atoms with Crippen molar-refractivity contribution in [2.24, 2.45) is 0 Å². The largest absolute Gasteiger partial charge is 0.497 e. The van der Waals surface area contributed by atoms with Crippen molar-refractivity contribution >= 4 is 39.1 Å². The molecule has 0 aliphatic heterocycles. The van der Waals surface area contributed by atoms with Crippen LogP contribution in [0.4, 0.5) is 5.69 Å². The average Bonchev–Trinajstić information content (AvgIpc) is 3.03. The molecule has 8 nitrogen and oxygen atoms in total. The van der Waals surface area contributed by atoms with Crippen molar-refractivity contribution in [3.05, 3.63) is 124 Å². The Labute approximate surface area is 277 Å². The van der Waals surface area contributed by atoms with Gasteiger partial charge in [-0.2, -0.15) is 0 Å². The fourth-order valence-electron chi connectivity index (χ4n) is 5.05. The van der Waals surface area contributed by atoms with E-state index in [1.165, 1.54) is 29.2 Å². The quantitative estimate of drug-likeness (QED) is 0.181. The number of amides is 2. The molecule has 0 aromatic heterocycles. The van der Waals surface area contributed by atoms with Gasteiger partial charge in [0.1, 0.15) is 18.3 Å². The first kappa shape index (κ1) is 34.5. The van der Waals surface area contributed by atoms with Crippen molar-refractivity contribution in [1.29, 1.82) is 0 Å². The summed E-state index contributed by atoms with van der Waals surface area (Å²) in [6.07, 6.45) is 0.225. The van der Waals surface area contributed by atoms with E-state index in [9.17, 15) is 18.0 Å². The van der Waals surface area contributed by atoms with E-state index >= 15 is 0 Å². The molecular formula is C36H40ClN3O5S. The van der Waals surface area contributed by atoms with Crippen LogP contribution >= 0.6 is 11.6 Å². The van der Waals surface area contributed by atoms with Crippen LogP contribution < -0.4 is 14.4 Å². The summed E-state index contributed by atoms with van der Waals surface area (Å²) in [5.41, 5.74) is 3.76. The molecule has 2 amide bonds. The number of aryl methyl sites for hydroxylation is 2. The lowest BCUT2D eigenvalue weighted by atomic mass is 10.0. The Morgan fingerprint density at radius 1 is 0.848 bits per heavy atom. The predicted octanol–water partition coefficient (Wildman–Crippen LogP) is 6.33. The van der Waals surface area contributed by atoms with E-state index < -0.39 is 28.5 Å². The van der Waals surface area contributed by atoms with E-state index in [0.717, 1.165) is 26.6 Å². The SMILES string of the molecule is COc1cccc(CN(C(=O)CN(c2ccc(C)c(C)c2)S(=O)(=O)c2ccc(Cl)cc2)C(Cc2ccccc2)C(=O)NC(C)C)c1.